The fraction of sp³-hybridized carbons (Fsp3) is 0.375. The Morgan fingerprint density at radius 2 is 2.00 bits per heavy atom. The molecule has 0 spiro atoms. The summed E-state index contributed by atoms with van der Waals surface area (Å²) in [6.07, 6.45) is 3.46. The van der Waals surface area contributed by atoms with Crippen molar-refractivity contribution in [1.82, 2.24) is 14.7 Å². The van der Waals surface area contributed by atoms with E-state index in [0.717, 1.165) is 17.7 Å². The molecule has 7 heteroatoms. The summed E-state index contributed by atoms with van der Waals surface area (Å²) in [5.74, 6) is -2.40. The summed E-state index contributed by atoms with van der Waals surface area (Å²) in [5.41, 5.74) is 0.801. The van der Waals surface area contributed by atoms with Crippen molar-refractivity contribution in [3.8, 4) is 0 Å². The molecular formula is C16H18ClF2N3O. The Bertz CT molecular complexity index is 715. The zero-order valence-corrected chi connectivity index (χ0v) is 13.9. The Hall–Kier alpha value is -1.95. The zero-order valence-electron chi connectivity index (χ0n) is 13.2. The van der Waals surface area contributed by atoms with Crippen LogP contribution in [-0.2, 0) is 13.6 Å². The molecular weight excluding hydrogens is 324 g/mol. The van der Waals surface area contributed by atoms with E-state index in [-0.39, 0.29) is 16.5 Å². The fourth-order valence-corrected chi connectivity index (χ4v) is 2.52. The van der Waals surface area contributed by atoms with Crippen LogP contribution in [0.5, 0.6) is 0 Å². The smallest absolute Gasteiger partial charge is 0.255 e. The number of carbonyl (C=O) groups excluding carboxylic acids is 1. The van der Waals surface area contributed by atoms with Gasteiger partial charge in [-0.15, -0.1) is 0 Å². The summed E-state index contributed by atoms with van der Waals surface area (Å²) in [7, 11) is 1.78. The van der Waals surface area contributed by atoms with Gasteiger partial charge < -0.3 is 4.90 Å². The maximum Gasteiger partial charge on any atom is 0.255 e. The predicted molar refractivity (Wildman–Crippen MR) is 84.2 cm³/mol. The molecule has 23 heavy (non-hydrogen) atoms. The van der Waals surface area contributed by atoms with Crippen molar-refractivity contribution in [1.29, 1.82) is 0 Å². The van der Waals surface area contributed by atoms with Gasteiger partial charge in [0.25, 0.3) is 5.91 Å². The third-order valence-corrected chi connectivity index (χ3v) is 3.56. The number of nitrogens with zero attached hydrogens (tertiary/aromatic N) is 3. The lowest BCUT2D eigenvalue weighted by Crippen LogP contribution is -2.34. The van der Waals surface area contributed by atoms with E-state index in [1.54, 1.807) is 29.0 Å². The summed E-state index contributed by atoms with van der Waals surface area (Å²) in [6.45, 7) is 4.72. The molecule has 0 aliphatic heterocycles. The summed E-state index contributed by atoms with van der Waals surface area (Å²) < 4.78 is 28.3. The van der Waals surface area contributed by atoms with Crippen LogP contribution in [0, 0.1) is 17.6 Å². The number of aromatic nitrogens is 2. The second kappa shape index (κ2) is 7.08. The molecule has 4 nitrogen and oxygen atoms in total. The van der Waals surface area contributed by atoms with Gasteiger partial charge in [-0.05, 0) is 18.1 Å². The van der Waals surface area contributed by atoms with E-state index in [1.165, 1.54) is 0 Å². The van der Waals surface area contributed by atoms with Gasteiger partial charge in [0.1, 0.15) is 0 Å². The van der Waals surface area contributed by atoms with Crippen molar-refractivity contribution in [2.24, 2.45) is 13.0 Å². The molecule has 1 aromatic heterocycles. The molecule has 0 aliphatic carbocycles. The number of carbonyl (C=O) groups is 1. The van der Waals surface area contributed by atoms with Gasteiger partial charge in [-0.1, -0.05) is 25.4 Å². The van der Waals surface area contributed by atoms with Gasteiger partial charge in [-0.2, -0.15) is 5.10 Å². The van der Waals surface area contributed by atoms with Crippen LogP contribution < -0.4 is 0 Å². The molecule has 0 bridgehead atoms. The van der Waals surface area contributed by atoms with Gasteiger partial charge in [0.2, 0.25) is 0 Å². The maximum atomic E-state index is 13.5. The van der Waals surface area contributed by atoms with Crippen LogP contribution in [0.2, 0.25) is 5.02 Å². The molecule has 124 valence electrons. The van der Waals surface area contributed by atoms with E-state index in [1.807, 2.05) is 13.8 Å². The highest BCUT2D eigenvalue weighted by Gasteiger charge is 2.22. The van der Waals surface area contributed by atoms with Gasteiger partial charge in [-0.3, -0.25) is 9.48 Å². The molecule has 0 unspecified atom stereocenters. The van der Waals surface area contributed by atoms with Gasteiger partial charge in [0.05, 0.1) is 16.8 Å². The van der Waals surface area contributed by atoms with Crippen LogP contribution in [-0.4, -0.2) is 27.1 Å². The lowest BCUT2D eigenvalue weighted by atomic mass is 10.1. The number of aryl methyl sites for hydroxylation is 1. The highest BCUT2D eigenvalue weighted by molar-refractivity contribution is 6.33. The number of rotatable bonds is 5. The van der Waals surface area contributed by atoms with E-state index in [2.05, 4.69) is 5.10 Å². The Morgan fingerprint density at radius 1 is 1.35 bits per heavy atom. The summed E-state index contributed by atoms with van der Waals surface area (Å²) in [4.78, 5) is 14.3. The van der Waals surface area contributed by atoms with Crippen LogP contribution in [0.4, 0.5) is 8.78 Å². The summed E-state index contributed by atoms with van der Waals surface area (Å²) in [6, 6.07) is 1.66. The molecule has 1 aromatic carbocycles. The van der Waals surface area contributed by atoms with Crippen LogP contribution >= 0.6 is 11.6 Å². The molecule has 0 saturated carbocycles. The van der Waals surface area contributed by atoms with Crippen LogP contribution in [0.25, 0.3) is 0 Å². The topological polar surface area (TPSA) is 38.1 Å². The number of hydrogen-bond donors (Lipinski definition) is 0. The molecule has 0 fully saturated rings. The molecule has 2 aromatic rings. The van der Waals surface area contributed by atoms with Gasteiger partial charge in [0.15, 0.2) is 11.6 Å². The molecule has 0 atom stereocenters. The summed E-state index contributed by atoms with van der Waals surface area (Å²) in [5, 5.41) is 3.96. The molecule has 0 aliphatic rings. The molecule has 0 N–H and O–H groups in total. The lowest BCUT2D eigenvalue weighted by Gasteiger charge is -2.24. The van der Waals surface area contributed by atoms with E-state index >= 15 is 0 Å². The number of halogens is 3. The Labute approximate surface area is 138 Å². The fourth-order valence-electron chi connectivity index (χ4n) is 2.29. The van der Waals surface area contributed by atoms with Gasteiger partial charge >= 0.3 is 0 Å². The van der Waals surface area contributed by atoms with E-state index in [4.69, 9.17) is 11.6 Å². The van der Waals surface area contributed by atoms with Crippen molar-refractivity contribution in [3.05, 3.63) is 52.3 Å². The number of amides is 1. The minimum absolute atomic E-state index is 0.0462. The summed E-state index contributed by atoms with van der Waals surface area (Å²) >= 11 is 5.91. The predicted octanol–water partition coefficient (Wildman–Crippen LogP) is 3.65. The maximum absolute atomic E-state index is 13.5. The molecule has 1 amide bonds. The molecule has 0 radical (unpaired) electrons. The standard InChI is InChI=1S/C16H18ClF2N3O/c1-10(2)7-22(9-11-6-20-21(3)8-11)16(23)12-4-14(18)15(19)5-13(12)17/h4-6,8,10H,7,9H2,1-3H3. The highest BCUT2D eigenvalue weighted by Crippen LogP contribution is 2.23. The Morgan fingerprint density at radius 3 is 2.57 bits per heavy atom. The Balaban J connectivity index is 2.31. The highest BCUT2D eigenvalue weighted by atomic mass is 35.5. The molecule has 1 heterocycles. The monoisotopic (exact) mass is 341 g/mol. The van der Waals surface area contributed by atoms with Crippen molar-refractivity contribution in [3.63, 3.8) is 0 Å². The normalized spacial score (nSPS) is 11.1. The minimum atomic E-state index is -1.09. The first kappa shape index (κ1) is 17.4. The molecule has 0 saturated heterocycles. The average Bonchev–Trinajstić information content (AvgIpc) is 2.86. The first-order valence-corrected chi connectivity index (χ1v) is 7.57. The van der Waals surface area contributed by atoms with Crippen molar-refractivity contribution in [2.45, 2.75) is 20.4 Å². The van der Waals surface area contributed by atoms with Crippen LogP contribution in [0.15, 0.2) is 24.5 Å². The van der Waals surface area contributed by atoms with Crippen molar-refractivity contribution >= 4 is 17.5 Å². The number of hydrogen-bond acceptors (Lipinski definition) is 2. The SMILES string of the molecule is CC(C)CN(Cc1cnn(C)c1)C(=O)c1cc(F)c(F)cc1Cl. The first-order valence-electron chi connectivity index (χ1n) is 7.19. The second-order valence-electron chi connectivity index (χ2n) is 5.85. The van der Waals surface area contributed by atoms with Crippen LogP contribution in [0.3, 0.4) is 0 Å². The largest absolute Gasteiger partial charge is 0.334 e. The van der Waals surface area contributed by atoms with Crippen LogP contribution in [0.1, 0.15) is 29.8 Å². The minimum Gasteiger partial charge on any atom is -0.334 e. The Kier molecular flexibility index (Phi) is 5.36. The van der Waals surface area contributed by atoms with E-state index in [9.17, 15) is 13.6 Å². The van der Waals surface area contributed by atoms with E-state index in [0.29, 0.717) is 13.1 Å². The third kappa shape index (κ3) is 4.28. The zero-order chi connectivity index (χ0) is 17.1. The van der Waals surface area contributed by atoms with Crippen molar-refractivity contribution < 1.29 is 13.6 Å². The average molecular weight is 342 g/mol. The first-order chi connectivity index (χ1) is 10.8. The quantitative estimate of drug-likeness (QED) is 0.779. The lowest BCUT2D eigenvalue weighted by molar-refractivity contribution is 0.0722. The van der Waals surface area contributed by atoms with Gasteiger partial charge in [0, 0.05) is 31.9 Å². The third-order valence-electron chi connectivity index (χ3n) is 3.24. The van der Waals surface area contributed by atoms with Gasteiger partial charge in [-0.25, -0.2) is 8.78 Å². The number of benzene rings is 1. The molecule has 2 rings (SSSR count). The van der Waals surface area contributed by atoms with E-state index < -0.39 is 17.5 Å². The second-order valence-corrected chi connectivity index (χ2v) is 6.26. The van der Waals surface area contributed by atoms with Crippen molar-refractivity contribution in [2.75, 3.05) is 6.54 Å².